The van der Waals surface area contributed by atoms with Crippen LogP contribution in [0, 0.1) is 20.8 Å². The Balaban J connectivity index is 2.86. The van der Waals surface area contributed by atoms with E-state index in [9.17, 15) is 4.79 Å². The van der Waals surface area contributed by atoms with E-state index in [1.807, 2.05) is 13.8 Å². The van der Waals surface area contributed by atoms with Gasteiger partial charge in [0.15, 0.2) is 0 Å². The van der Waals surface area contributed by atoms with Crippen molar-refractivity contribution in [2.45, 2.75) is 20.8 Å². The molecule has 0 spiro atoms. The van der Waals surface area contributed by atoms with Gasteiger partial charge in [0.2, 0.25) is 0 Å². The number of carbonyl (C=O) groups is 1. The standard InChI is InChI=1S/C9H13N3OS/c1-5-6(2)14-7(3)8(5)4-11-12-9(10)13/h4H,1-3H3,(H3,10,12,13)/b11-4+. The van der Waals surface area contributed by atoms with Gasteiger partial charge in [0.25, 0.3) is 0 Å². The fraction of sp³-hybridized carbons (Fsp3) is 0.333. The molecule has 2 amide bonds. The van der Waals surface area contributed by atoms with Crippen LogP contribution < -0.4 is 11.2 Å². The largest absolute Gasteiger partial charge is 0.350 e. The molecule has 1 rings (SSSR count). The zero-order valence-electron chi connectivity index (χ0n) is 8.42. The van der Waals surface area contributed by atoms with Crippen LogP contribution in [-0.4, -0.2) is 12.2 Å². The normalized spacial score (nSPS) is 10.8. The molecular weight excluding hydrogens is 198 g/mol. The molecule has 0 aliphatic carbocycles. The molecule has 5 heteroatoms. The summed E-state index contributed by atoms with van der Waals surface area (Å²) in [5.41, 5.74) is 9.30. The number of thiophene rings is 1. The van der Waals surface area contributed by atoms with Crippen molar-refractivity contribution in [2.75, 3.05) is 0 Å². The minimum absolute atomic E-state index is 0.650. The second-order valence-electron chi connectivity index (χ2n) is 2.99. The van der Waals surface area contributed by atoms with Crippen LogP contribution in [0.4, 0.5) is 4.79 Å². The molecule has 0 atom stereocenters. The number of primary amides is 1. The van der Waals surface area contributed by atoms with Gasteiger partial charge >= 0.3 is 6.03 Å². The molecule has 0 aliphatic rings. The Labute approximate surface area is 86.8 Å². The van der Waals surface area contributed by atoms with Gasteiger partial charge in [-0.25, -0.2) is 10.2 Å². The highest BCUT2D eigenvalue weighted by Crippen LogP contribution is 2.24. The van der Waals surface area contributed by atoms with E-state index in [1.165, 1.54) is 15.3 Å². The number of amides is 2. The molecular formula is C9H13N3OS. The Kier molecular flexibility index (Phi) is 3.24. The number of hydrogen-bond donors (Lipinski definition) is 2. The zero-order chi connectivity index (χ0) is 10.7. The third-order valence-corrected chi connectivity index (χ3v) is 3.12. The molecule has 1 aromatic heterocycles. The van der Waals surface area contributed by atoms with Crippen LogP contribution >= 0.6 is 11.3 Å². The molecule has 1 heterocycles. The van der Waals surface area contributed by atoms with Crippen LogP contribution in [0.5, 0.6) is 0 Å². The molecule has 4 nitrogen and oxygen atoms in total. The van der Waals surface area contributed by atoms with Gasteiger partial charge < -0.3 is 5.73 Å². The number of nitrogens with zero attached hydrogens (tertiary/aromatic N) is 1. The Morgan fingerprint density at radius 2 is 2.07 bits per heavy atom. The Bertz CT molecular complexity index is 382. The van der Waals surface area contributed by atoms with Crippen molar-refractivity contribution in [1.29, 1.82) is 0 Å². The number of hydrazone groups is 1. The van der Waals surface area contributed by atoms with E-state index in [1.54, 1.807) is 17.6 Å². The number of aryl methyl sites for hydroxylation is 2. The first-order valence-corrected chi connectivity index (χ1v) is 4.99. The van der Waals surface area contributed by atoms with Crippen molar-refractivity contribution in [3.63, 3.8) is 0 Å². The van der Waals surface area contributed by atoms with E-state index >= 15 is 0 Å². The number of carbonyl (C=O) groups excluding carboxylic acids is 1. The van der Waals surface area contributed by atoms with E-state index < -0.39 is 6.03 Å². The summed E-state index contributed by atoms with van der Waals surface area (Å²) in [4.78, 5) is 12.8. The molecule has 0 bridgehead atoms. The number of nitrogens with one attached hydrogen (secondary N) is 1. The van der Waals surface area contributed by atoms with Gasteiger partial charge in [-0.2, -0.15) is 5.10 Å². The summed E-state index contributed by atoms with van der Waals surface area (Å²) in [5.74, 6) is 0. The Hall–Kier alpha value is -1.36. The van der Waals surface area contributed by atoms with Gasteiger partial charge in [0.05, 0.1) is 6.21 Å². The Morgan fingerprint density at radius 3 is 2.50 bits per heavy atom. The molecule has 0 aliphatic heterocycles. The predicted molar refractivity (Wildman–Crippen MR) is 58.8 cm³/mol. The fourth-order valence-corrected chi connectivity index (χ4v) is 2.20. The van der Waals surface area contributed by atoms with E-state index in [0.29, 0.717) is 0 Å². The minimum atomic E-state index is -0.650. The molecule has 0 radical (unpaired) electrons. The summed E-state index contributed by atoms with van der Waals surface area (Å²) in [6, 6.07) is -0.650. The van der Waals surface area contributed by atoms with E-state index in [2.05, 4.69) is 17.5 Å². The summed E-state index contributed by atoms with van der Waals surface area (Å²) >= 11 is 1.72. The molecule has 0 saturated heterocycles. The van der Waals surface area contributed by atoms with Gasteiger partial charge in [-0.15, -0.1) is 11.3 Å². The van der Waals surface area contributed by atoms with Crippen LogP contribution in [0.25, 0.3) is 0 Å². The van der Waals surface area contributed by atoms with Gasteiger partial charge in [-0.05, 0) is 26.3 Å². The quantitative estimate of drug-likeness (QED) is 0.567. The maximum Gasteiger partial charge on any atom is 0.332 e. The molecule has 1 aromatic rings. The SMILES string of the molecule is Cc1sc(C)c(/C=N/NC(N)=O)c1C. The number of hydrogen-bond acceptors (Lipinski definition) is 3. The summed E-state index contributed by atoms with van der Waals surface area (Å²) in [7, 11) is 0. The Morgan fingerprint density at radius 1 is 1.43 bits per heavy atom. The summed E-state index contributed by atoms with van der Waals surface area (Å²) in [6.07, 6.45) is 1.62. The van der Waals surface area contributed by atoms with Gasteiger partial charge in [0, 0.05) is 15.3 Å². The molecule has 76 valence electrons. The number of rotatable bonds is 2. The predicted octanol–water partition coefficient (Wildman–Crippen LogP) is 1.68. The first-order valence-electron chi connectivity index (χ1n) is 4.17. The topological polar surface area (TPSA) is 67.5 Å². The van der Waals surface area contributed by atoms with Crippen LogP contribution in [0.15, 0.2) is 5.10 Å². The monoisotopic (exact) mass is 211 g/mol. The highest BCUT2D eigenvalue weighted by atomic mass is 32.1. The van der Waals surface area contributed by atoms with Crippen LogP contribution in [-0.2, 0) is 0 Å². The van der Waals surface area contributed by atoms with Crippen molar-refractivity contribution < 1.29 is 4.79 Å². The lowest BCUT2D eigenvalue weighted by atomic mass is 10.1. The number of urea groups is 1. The lowest BCUT2D eigenvalue weighted by Gasteiger charge is -1.94. The first-order chi connectivity index (χ1) is 6.52. The van der Waals surface area contributed by atoms with Crippen LogP contribution in [0.3, 0.4) is 0 Å². The lowest BCUT2D eigenvalue weighted by Crippen LogP contribution is -2.24. The van der Waals surface area contributed by atoms with Crippen molar-refractivity contribution >= 4 is 23.6 Å². The van der Waals surface area contributed by atoms with Gasteiger partial charge in [0.1, 0.15) is 0 Å². The summed E-state index contributed by atoms with van der Waals surface area (Å²) in [6.45, 7) is 6.12. The fourth-order valence-electron chi connectivity index (χ4n) is 1.16. The summed E-state index contributed by atoms with van der Waals surface area (Å²) in [5, 5.41) is 3.73. The highest BCUT2D eigenvalue weighted by molar-refractivity contribution is 7.12. The molecule has 3 N–H and O–H groups in total. The third-order valence-electron chi connectivity index (χ3n) is 1.99. The zero-order valence-corrected chi connectivity index (χ0v) is 9.23. The highest BCUT2D eigenvalue weighted by Gasteiger charge is 2.06. The second kappa shape index (κ2) is 4.23. The van der Waals surface area contributed by atoms with Crippen molar-refractivity contribution in [2.24, 2.45) is 10.8 Å². The molecule has 14 heavy (non-hydrogen) atoms. The van der Waals surface area contributed by atoms with Gasteiger partial charge in [-0.3, -0.25) is 0 Å². The van der Waals surface area contributed by atoms with Crippen LogP contribution in [0.2, 0.25) is 0 Å². The molecule has 0 saturated carbocycles. The molecule has 0 fully saturated rings. The van der Waals surface area contributed by atoms with E-state index in [0.717, 1.165) is 5.56 Å². The lowest BCUT2D eigenvalue weighted by molar-refractivity contribution is 0.249. The average Bonchev–Trinajstić information content (AvgIpc) is 2.31. The van der Waals surface area contributed by atoms with E-state index in [4.69, 9.17) is 5.73 Å². The maximum absolute atomic E-state index is 10.4. The van der Waals surface area contributed by atoms with Crippen molar-refractivity contribution in [3.8, 4) is 0 Å². The van der Waals surface area contributed by atoms with Crippen molar-refractivity contribution in [3.05, 3.63) is 20.9 Å². The van der Waals surface area contributed by atoms with Crippen molar-refractivity contribution in [1.82, 2.24) is 5.43 Å². The summed E-state index contributed by atoms with van der Waals surface area (Å²) < 4.78 is 0. The van der Waals surface area contributed by atoms with Gasteiger partial charge in [-0.1, -0.05) is 0 Å². The average molecular weight is 211 g/mol. The van der Waals surface area contributed by atoms with E-state index in [-0.39, 0.29) is 0 Å². The molecule has 0 aromatic carbocycles. The minimum Gasteiger partial charge on any atom is -0.350 e. The van der Waals surface area contributed by atoms with Crippen LogP contribution in [0.1, 0.15) is 20.9 Å². The first kappa shape index (κ1) is 10.7. The number of nitrogens with two attached hydrogens (primary N) is 1. The third kappa shape index (κ3) is 2.32. The maximum atomic E-state index is 10.4. The molecule has 0 unspecified atom stereocenters. The smallest absolute Gasteiger partial charge is 0.332 e. The second-order valence-corrected chi connectivity index (χ2v) is 4.42.